The molecule has 1 saturated heterocycles. The molecule has 25 heavy (non-hydrogen) atoms. The second-order valence-electron chi connectivity index (χ2n) is 6.02. The Balaban J connectivity index is 1.52. The molecule has 1 aliphatic heterocycles. The zero-order valence-electron chi connectivity index (χ0n) is 14.1. The Morgan fingerprint density at radius 1 is 1.20 bits per heavy atom. The van der Waals surface area contributed by atoms with Gasteiger partial charge in [-0.1, -0.05) is 0 Å². The fraction of sp³-hybridized carbons (Fsp3) is 0.412. The third-order valence-electron chi connectivity index (χ3n) is 4.42. The van der Waals surface area contributed by atoms with Crippen LogP contribution in [0.15, 0.2) is 47.8 Å². The van der Waals surface area contributed by atoms with E-state index >= 15 is 0 Å². The van der Waals surface area contributed by atoms with E-state index in [9.17, 15) is 8.42 Å². The van der Waals surface area contributed by atoms with Gasteiger partial charge in [-0.05, 0) is 43.0 Å². The Bertz CT molecular complexity index is 773. The largest absolute Gasteiger partial charge is 0.497 e. The van der Waals surface area contributed by atoms with Gasteiger partial charge in [0.15, 0.2) is 0 Å². The number of methoxy groups -OCH3 is 1. The number of rotatable bonds is 6. The Morgan fingerprint density at radius 3 is 2.52 bits per heavy atom. The molecule has 1 aromatic heterocycles. The first-order valence-electron chi connectivity index (χ1n) is 8.23. The summed E-state index contributed by atoms with van der Waals surface area (Å²) in [5.74, 6) is 1.83. The summed E-state index contributed by atoms with van der Waals surface area (Å²) < 4.78 is 32.5. The number of anilines is 1. The predicted octanol–water partition coefficient (Wildman–Crippen LogP) is 1.68. The SMILES string of the molecule is COc1ccc(S(=O)(=O)NCC2CCN(c3cnccn3)CC2)cc1. The van der Waals surface area contributed by atoms with Gasteiger partial charge in [-0.15, -0.1) is 0 Å². The molecular formula is C17H22N4O3S. The number of aromatic nitrogens is 2. The summed E-state index contributed by atoms with van der Waals surface area (Å²) in [4.78, 5) is 10.8. The van der Waals surface area contributed by atoms with Gasteiger partial charge in [0.25, 0.3) is 0 Å². The van der Waals surface area contributed by atoms with Crippen LogP contribution in [0.1, 0.15) is 12.8 Å². The summed E-state index contributed by atoms with van der Waals surface area (Å²) in [6.45, 7) is 2.16. The number of ether oxygens (including phenoxy) is 1. The van der Waals surface area contributed by atoms with Crippen molar-refractivity contribution >= 4 is 15.8 Å². The lowest BCUT2D eigenvalue weighted by Gasteiger charge is -2.32. The van der Waals surface area contributed by atoms with Crippen molar-refractivity contribution in [3.8, 4) is 5.75 Å². The number of piperidine rings is 1. The lowest BCUT2D eigenvalue weighted by atomic mass is 9.97. The molecule has 134 valence electrons. The molecule has 2 aromatic rings. The molecule has 8 heteroatoms. The molecule has 0 radical (unpaired) electrons. The summed E-state index contributed by atoms with van der Waals surface area (Å²) in [5, 5.41) is 0. The zero-order valence-corrected chi connectivity index (χ0v) is 14.9. The molecule has 0 saturated carbocycles. The Hall–Kier alpha value is -2.19. The molecule has 1 N–H and O–H groups in total. The molecule has 0 amide bonds. The Kier molecular flexibility index (Phi) is 5.50. The van der Waals surface area contributed by atoms with Crippen LogP contribution in [0.5, 0.6) is 5.75 Å². The minimum atomic E-state index is -3.49. The smallest absolute Gasteiger partial charge is 0.240 e. The monoisotopic (exact) mass is 362 g/mol. The molecule has 0 atom stereocenters. The number of hydrogen-bond donors (Lipinski definition) is 1. The van der Waals surface area contributed by atoms with Gasteiger partial charge in [0, 0.05) is 32.0 Å². The van der Waals surface area contributed by atoms with Crippen molar-refractivity contribution in [1.29, 1.82) is 0 Å². The summed E-state index contributed by atoms with van der Waals surface area (Å²) >= 11 is 0. The van der Waals surface area contributed by atoms with Gasteiger partial charge in [-0.3, -0.25) is 4.98 Å². The highest BCUT2D eigenvalue weighted by molar-refractivity contribution is 7.89. The second kappa shape index (κ2) is 7.79. The minimum absolute atomic E-state index is 0.255. The molecular weight excluding hydrogens is 340 g/mol. The first kappa shape index (κ1) is 17.6. The van der Waals surface area contributed by atoms with Crippen LogP contribution in [0.3, 0.4) is 0 Å². The van der Waals surface area contributed by atoms with Crippen LogP contribution < -0.4 is 14.4 Å². The lowest BCUT2D eigenvalue weighted by Crippen LogP contribution is -2.39. The third kappa shape index (κ3) is 4.46. The predicted molar refractivity (Wildman–Crippen MR) is 95.2 cm³/mol. The van der Waals surface area contributed by atoms with Crippen LogP contribution in [0.4, 0.5) is 5.82 Å². The highest BCUT2D eigenvalue weighted by Crippen LogP contribution is 2.21. The van der Waals surface area contributed by atoms with E-state index in [1.54, 1.807) is 50.0 Å². The summed E-state index contributed by atoms with van der Waals surface area (Å²) in [6, 6.07) is 6.40. The summed E-state index contributed by atoms with van der Waals surface area (Å²) in [5.41, 5.74) is 0. The lowest BCUT2D eigenvalue weighted by molar-refractivity contribution is 0.400. The number of nitrogens with one attached hydrogen (secondary N) is 1. The van der Waals surface area contributed by atoms with Gasteiger partial charge < -0.3 is 9.64 Å². The van der Waals surface area contributed by atoms with Crippen LogP contribution in [-0.4, -0.2) is 45.1 Å². The molecule has 1 aromatic carbocycles. The van der Waals surface area contributed by atoms with Crippen LogP contribution in [0, 0.1) is 5.92 Å². The molecule has 3 rings (SSSR count). The number of nitrogens with zero attached hydrogens (tertiary/aromatic N) is 3. The van der Waals surface area contributed by atoms with Gasteiger partial charge >= 0.3 is 0 Å². The zero-order chi connectivity index (χ0) is 17.7. The van der Waals surface area contributed by atoms with Crippen molar-refractivity contribution in [2.45, 2.75) is 17.7 Å². The van der Waals surface area contributed by atoms with E-state index in [1.807, 2.05) is 0 Å². The molecule has 0 bridgehead atoms. The number of sulfonamides is 1. The second-order valence-corrected chi connectivity index (χ2v) is 7.79. The minimum Gasteiger partial charge on any atom is -0.497 e. The number of benzene rings is 1. The van der Waals surface area contributed by atoms with Crippen LogP contribution >= 0.6 is 0 Å². The molecule has 0 spiro atoms. The number of hydrogen-bond acceptors (Lipinski definition) is 6. The van der Waals surface area contributed by atoms with Crippen molar-refractivity contribution < 1.29 is 13.2 Å². The van der Waals surface area contributed by atoms with E-state index in [0.717, 1.165) is 31.7 Å². The topological polar surface area (TPSA) is 84.4 Å². The fourth-order valence-electron chi connectivity index (χ4n) is 2.89. The van der Waals surface area contributed by atoms with Gasteiger partial charge in [0.2, 0.25) is 10.0 Å². The van der Waals surface area contributed by atoms with Gasteiger partial charge in [-0.2, -0.15) is 0 Å². The van der Waals surface area contributed by atoms with Gasteiger partial charge in [0.1, 0.15) is 11.6 Å². The van der Waals surface area contributed by atoms with Crippen molar-refractivity contribution in [2.24, 2.45) is 5.92 Å². The maximum absolute atomic E-state index is 12.4. The van der Waals surface area contributed by atoms with E-state index in [0.29, 0.717) is 18.2 Å². The molecule has 2 heterocycles. The fourth-order valence-corrected chi connectivity index (χ4v) is 4.00. The van der Waals surface area contributed by atoms with Crippen molar-refractivity contribution in [1.82, 2.24) is 14.7 Å². The van der Waals surface area contributed by atoms with Crippen molar-refractivity contribution in [2.75, 3.05) is 31.6 Å². The van der Waals surface area contributed by atoms with Crippen molar-refractivity contribution in [3.05, 3.63) is 42.9 Å². The molecule has 0 unspecified atom stereocenters. The molecule has 7 nitrogen and oxygen atoms in total. The average Bonchev–Trinajstić information content (AvgIpc) is 2.67. The first-order chi connectivity index (χ1) is 12.1. The molecule has 0 aliphatic carbocycles. The maximum Gasteiger partial charge on any atom is 0.240 e. The standard InChI is InChI=1S/C17H22N4O3S/c1-24-15-2-4-16(5-3-15)25(22,23)20-12-14-6-10-21(11-7-14)17-13-18-8-9-19-17/h2-5,8-9,13-14,20H,6-7,10-12H2,1H3. The van der Waals surface area contributed by atoms with Gasteiger partial charge in [0.05, 0.1) is 18.2 Å². The Labute approximate surface area is 148 Å². The average molecular weight is 362 g/mol. The van der Waals surface area contributed by atoms with Crippen LogP contribution in [-0.2, 0) is 10.0 Å². The maximum atomic E-state index is 12.4. The van der Waals surface area contributed by atoms with E-state index in [-0.39, 0.29) is 4.90 Å². The summed E-state index contributed by atoms with van der Waals surface area (Å²) in [6.07, 6.45) is 6.94. The normalized spacial score (nSPS) is 16.0. The van der Waals surface area contributed by atoms with E-state index in [4.69, 9.17) is 4.74 Å². The molecule has 1 aliphatic rings. The quantitative estimate of drug-likeness (QED) is 0.842. The van der Waals surface area contributed by atoms with E-state index in [1.165, 1.54) is 0 Å². The first-order valence-corrected chi connectivity index (χ1v) is 9.71. The highest BCUT2D eigenvalue weighted by Gasteiger charge is 2.22. The van der Waals surface area contributed by atoms with Gasteiger partial charge in [-0.25, -0.2) is 18.1 Å². The van der Waals surface area contributed by atoms with Crippen LogP contribution in [0.25, 0.3) is 0 Å². The van der Waals surface area contributed by atoms with E-state index in [2.05, 4.69) is 19.6 Å². The Morgan fingerprint density at radius 2 is 1.92 bits per heavy atom. The van der Waals surface area contributed by atoms with E-state index < -0.39 is 10.0 Å². The van der Waals surface area contributed by atoms with Crippen LogP contribution in [0.2, 0.25) is 0 Å². The molecule has 1 fully saturated rings. The van der Waals surface area contributed by atoms with Crippen molar-refractivity contribution in [3.63, 3.8) is 0 Å². The summed E-state index contributed by atoms with van der Waals surface area (Å²) in [7, 11) is -1.94. The highest BCUT2D eigenvalue weighted by atomic mass is 32.2. The third-order valence-corrected chi connectivity index (χ3v) is 5.86.